The van der Waals surface area contributed by atoms with Crippen molar-refractivity contribution >= 4 is 45.9 Å². The van der Waals surface area contributed by atoms with E-state index in [1.165, 1.54) is 24.3 Å². The van der Waals surface area contributed by atoms with Crippen molar-refractivity contribution in [3.63, 3.8) is 0 Å². The molecule has 0 saturated heterocycles. The van der Waals surface area contributed by atoms with E-state index in [2.05, 4.69) is 15.3 Å². The van der Waals surface area contributed by atoms with E-state index in [0.717, 1.165) is 26.4 Å². The number of nitrogens with zero attached hydrogens (tertiary/aromatic N) is 2. The lowest BCUT2D eigenvalue weighted by Gasteiger charge is -2.05. The molecule has 2 aromatic heterocycles. The molecule has 0 unspecified atom stereocenters. The first kappa shape index (κ1) is 24.3. The number of rotatable bonds is 7. The zero-order chi connectivity index (χ0) is 22.1. The number of halogens is 3. The van der Waals surface area contributed by atoms with Gasteiger partial charge in [0.25, 0.3) is 0 Å². The molecule has 0 spiro atoms. The number of nitrogens with one attached hydrogen (secondary N) is 1. The molecule has 11 heteroatoms. The molecule has 0 fully saturated rings. The standard InChI is InChI=1S/C10H13N3OS2.C9H7F3OS/c1-6-9(16-8(12-6)4-14-3)7-5-15-10(11-2)13-7;10-9(11,12)14-8-3-1-7(2-4-8)5-6-13/h5H,4H2,1-3H3,(H,11,13);1-4,6H,5H2. The second kappa shape index (κ2) is 11.4. The predicted molar refractivity (Wildman–Crippen MR) is 116 cm³/mol. The van der Waals surface area contributed by atoms with Crippen molar-refractivity contribution in [3.05, 3.63) is 45.9 Å². The van der Waals surface area contributed by atoms with Crippen LogP contribution in [0.4, 0.5) is 18.3 Å². The number of carbonyl (C=O) groups is 1. The second-order valence-corrected chi connectivity index (χ2v) is 8.89. The minimum absolute atomic E-state index is 0.132. The summed E-state index contributed by atoms with van der Waals surface area (Å²) >= 11 is 3.08. The molecule has 3 rings (SSSR count). The Hall–Kier alpha value is -1.95. The Morgan fingerprint density at radius 3 is 2.47 bits per heavy atom. The number of hydrogen-bond acceptors (Lipinski definition) is 8. The molecule has 3 aromatic rings. The predicted octanol–water partition coefficient (Wildman–Crippen LogP) is 5.80. The van der Waals surface area contributed by atoms with Crippen molar-refractivity contribution in [2.75, 3.05) is 19.5 Å². The fraction of sp³-hybridized carbons (Fsp3) is 0.316. The van der Waals surface area contributed by atoms with Crippen LogP contribution in [0.3, 0.4) is 0 Å². The van der Waals surface area contributed by atoms with Crippen LogP contribution in [0, 0.1) is 6.92 Å². The number of ether oxygens (including phenoxy) is 1. The van der Waals surface area contributed by atoms with Crippen molar-refractivity contribution in [3.8, 4) is 10.6 Å². The van der Waals surface area contributed by atoms with Gasteiger partial charge < -0.3 is 14.8 Å². The molecular formula is C19H20F3N3O2S3. The van der Waals surface area contributed by atoms with Crippen LogP contribution in [0.15, 0.2) is 34.5 Å². The maximum absolute atomic E-state index is 11.9. The number of thioether (sulfide) groups is 1. The number of hydrogen-bond donors (Lipinski definition) is 1. The van der Waals surface area contributed by atoms with Gasteiger partial charge in [0, 0.05) is 30.9 Å². The number of aldehydes is 1. The summed E-state index contributed by atoms with van der Waals surface area (Å²) in [4.78, 5) is 20.3. The van der Waals surface area contributed by atoms with Crippen molar-refractivity contribution in [2.24, 2.45) is 0 Å². The molecule has 1 N–H and O–H groups in total. The summed E-state index contributed by atoms with van der Waals surface area (Å²) < 4.78 is 40.8. The fourth-order valence-corrected chi connectivity index (χ4v) is 4.57. The van der Waals surface area contributed by atoms with Crippen molar-refractivity contribution in [2.45, 2.75) is 30.4 Å². The molecule has 0 aliphatic heterocycles. The molecule has 30 heavy (non-hydrogen) atoms. The van der Waals surface area contributed by atoms with Crippen LogP contribution in [0.2, 0.25) is 0 Å². The van der Waals surface area contributed by atoms with Crippen molar-refractivity contribution < 1.29 is 22.7 Å². The van der Waals surface area contributed by atoms with Crippen LogP contribution in [0.1, 0.15) is 16.3 Å². The van der Waals surface area contributed by atoms with Gasteiger partial charge in [0.15, 0.2) is 5.13 Å². The van der Waals surface area contributed by atoms with Gasteiger partial charge in [-0.1, -0.05) is 12.1 Å². The third kappa shape index (κ3) is 7.71. The van der Waals surface area contributed by atoms with Crippen LogP contribution >= 0.6 is 34.4 Å². The molecule has 0 radical (unpaired) electrons. The summed E-state index contributed by atoms with van der Waals surface area (Å²) in [5.74, 6) is 0. The van der Waals surface area contributed by atoms with Gasteiger partial charge in [0.2, 0.25) is 0 Å². The van der Waals surface area contributed by atoms with Crippen LogP contribution < -0.4 is 5.32 Å². The lowest BCUT2D eigenvalue weighted by molar-refractivity contribution is -0.107. The monoisotopic (exact) mass is 475 g/mol. The van der Waals surface area contributed by atoms with E-state index in [0.29, 0.717) is 18.5 Å². The lowest BCUT2D eigenvalue weighted by Crippen LogP contribution is -1.98. The molecule has 0 atom stereocenters. The van der Waals surface area contributed by atoms with E-state index in [-0.39, 0.29) is 23.1 Å². The number of aryl methyl sites for hydroxylation is 1. The molecule has 0 aliphatic carbocycles. The number of carbonyl (C=O) groups excluding carboxylic acids is 1. The lowest BCUT2D eigenvalue weighted by atomic mass is 10.2. The highest BCUT2D eigenvalue weighted by Gasteiger charge is 2.28. The molecule has 5 nitrogen and oxygen atoms in total. The normalized spacial score (nSPS) is 11.0. The minimum Gasteiger partial charge on any atom is -0.378 e. The summed E-state index contributed by atoms with van der Waals surface area (Å²) in [5, 5.41) is 7.00. The molecule has 162 valence electrons. The Morgan fingerprint density at radius 1 is 1.23 bits per heavy atom. The molecule has 0 amide bonds. The van der Waals surface area contributed by atoms with E-state index in [4.69, 9.17) is 4.74 Å². The van der Waals surface area contributed by atoms with Crippen molar-refractivity contribution in [1.29, 1.82) is 0 Å². The first-order valence-corrected chi connectivity index (χ1v) is 11.1. The average Bonchev–Trinajstić information content (AvgIpc) is 3.29. The van der Waals surface area contributed by atoms with Crippen LogP contribution in [0.5, 0.6) is 0 Å². The van der Waals surface area contributed by atoms with E-state index >= 15 is 0 Å². The second-order valence-electron chi connectivity index (χ2n) is 5.81. The number of alkyl halides is 3. The van der Waals surface area contributed by atoms with E-state index in [9.17, 15) is 18.0 Å². The number of anilines is 1. The number of aromatic nitrogens is 2. The van der Waals surface area contributed by atoms with Crippen LogP contribution in [-0.2, 0) is 22.6 Å². The van der Waals surface area contributed by atoms with E-state index in [1.807, 2.05) is 19.4 Å². The fourth-order valence-electron chi connectivity index (χ4n) is 2.29. The summed E-state index contributed by atoms with van der Waals surface area (Å²) in [5.41, 5.74) is -1.53. The van der Waals surface area contributed by atoms with Gasteiger partial charge in [0.1, 0.15) is 11.3 Å². The molecular weight excluding hydrogens is 455 g/mol. The molecule has 2 heterocycles. The van der Waals surface area contributed by atoms with Crippen LogP contribution in [-0.4, -0.2) is 35.9 Å². The first-order valence-electron chi connectivity index (χ1n) is 8.63. The highest BCUT2D eigenvalue weighted by Crippen LogP contribution is 2.36. The highest BCUT2D eigenvalue weighted by atomic mass is 32.2. The quantitative estimate of drug-likeness (QED) is 0.344. The SMILES string of the molecule is CNc1nc(-c2sc(COC)nc2C)cs1.O=CCc1ccc(SC(F)(F)F)cc1. The third-order valence-corrected chi connectivity index (χ3v) is 6.29. The van der Waals surface area contributed by atoms with Gasteiger partial charge >= 0.3 is 5.51 Å². The Labute approximate surface area is 184 Å². The highest BCUT2D eigenvalue weighted by molar-refractivity contribution is 8.00. The first-order chi connectivity index (χ1) is 14.3. The largest absolute Gasteiger partial charge is 0.446 e. The topological polar surface area (TPSA) is 64.1 Å². The van der Waals surface area contributed by atoms with Gasteiger partial charge in [-0.05, 0) is 36.4 Å². The number of benzene rings is 1. The van der Waals surface area contributed by atoms with E-state index in [1.54, 1.807) is 29.8 Å². The summed E-state index contributed by atoms with van der Waals surface area (Å²) in [7, 11) is 3.55. The molecule has 0 bridgehead atoms. The summed E-state index contributed by atoms with van der Waals surface area (Å²) in [6, 6.07) is 5.75. The number of methoxy groups -OCH3 is 1. The molecule has 1 aromatic carbocycles. The Bertz CT molecular complexity index is 941. The van der Waals surface area contributed by atoms with Gasteiger partial charge in [-0.2, -0.15) is 13.2 Å². The smallest absolute Gasteiger partial charge is 0.378 e. The van der Waals surface area contributed by atoms with Crippen LogP contribution in [0.25, 0.3) is 10.6 Å². The van der Waals surface area contributed by atoms with Gasteiger partial charge in [-0.3, -0.25) is 0 Å². The Balaban J connectivity index is 0.000000216. The average molecular weight is 476 g/mol. The van der Waals surface area contributed by atoms with Gasteiger partial charge in [-0.25, -0.2) is 9.97 Å². The zero-order valence-corrected chi connectivity index (χ0v) is 18.9. The maximum Gasteiger partial charge on any atom is 0.446 e. The molecule has 0 saturated carbocycles. The van der Waals surface area contributed by atoms with Gasteiger partial charge in [0.05, 0.1) is 22.9 Å². The molecule has 0 aliphatic rings. The maximum atomic E-state index is 11.9. The summed E-state index contributed by atoms with van der Waals surface area (Å²) in [6.07, 6.45) is 0.947. The Morgan fingerprint density at radius 2 is 1.93 bits per heavy atom. The zero-order valence-electron chi connectivity index (χ0n) is 16.4. The number of thiazole rings is 2. The minimum atomic E-state index is -4.26. The van der Waals surface area contributed by atoms with Crippen molar-refractivity contribution in [1.82, 2.24) is 9.97 Å². The van der Waals surface area contributed by atoms with E-state index < -0.39 is 5.51 Å². The Kier molecular flexibility index (Phi) is 9.28. The third-order valence-electron chi connectivity index (χ3n) is 3.54. The van der Waals surface area contributed by atoms with Gasteiger partial charge in [-0.15, -0.1) is 22.7 Å². The summed E-state index contributed by atoms with van der Waals surface area (Å²) in [6.45, 7) is 2.57.